The molecule has 0 saturated heterocycles. The van der Waals surface area contributed by atoms with Crippen molar-refractivity contribution in [2.75, 3.05) is 30.8 Å². The van der Waals surface area contributed by atoms with Gasteiger partial charge in [-0.25, -0.2) is 0 Å². The van der Waals surface area contributed by atoms with Crippen LogP contribution in [0, 0.1) is 0 Å². The molecule has 1 aromatic rings. The number of benzene rings is 1. The molecule has 0 aromatic heterocycles. The van der Waals surface area contributed by atoms with Gasteiger partial charge in [-0.15, -0.1) is 0 Å². The zero-order chi connectivity index (χ0) is 13.2. The van der Waals surface area contributed by atoms with E-state index in [0.29, 0.717) is 12.3 Å². The number of anilines is 2. The van der Waals surface area contributed by atoms with Crippen molar-refractivity contribution in [3.63, 3.8) is 0 Å². The smallest absolute Gasteiger partial charge is 0.144 e. The van der Waals surface area contributed by atoms with Gasteiger partial charge in [-0.05, 0) is 37.8 Å². The van der Waals surface area contributed by atoms with Gasteiger partial charge in [0.05, 0.1) is 18.0 Å². The third-order valence-corrected chi connectivity index (χ3v) is 2.68. The number of nitrogens with one attached hydrogen (secondary N) is 1. The molecule has 0 aliphatic heterocycles. The van der Waals surface area contributed by atoms with E-state index >= 15 is 0 Å². The monoisotopic (exact) mass is 252 g/mol. The number of unbranched alkanes of at least 4 members (excludes halogenated alkanes) is 2. The molecule has 0 aliphatic rings. The Kier molecular flexibility index (Phi) is 7.03. The molecule has 4 heteroatoms. The number of hydrogen-bond donors (Lipinski definition) is 3. The lowest BCUT2D eigenvalue weighted by atomic mass is 10.2. The summed E-state index contributed by atoms with van der Waals surface area (Å²) in [6.45, 7) is 3.88. The highest BCUT2D eigenvalue weighted by molar-refractivity contribution is 5.72. The van der Waals surface area contributed by atoms with Crippen LogP contribution in [0.3, 0.4) is 0 Å². The van der Waals surface area contributed by atoms with Crippen LogP contribution >= 0.6 is 0 Å². The Morgan fingerprint density at radius 2 is 2.11 bits per heavy atom. The first-order chi connectivity index (χ1) is 8.79. The second-order valence-corrected chi connectivity index (χ2v) is 4.28. The van der Waals surface area contributed by atoms with Crippen LogP contribution in [0.25, 0.3) is 0 Å². The van der Waals surface area contributed by atoms with Gasteiger partial charge in [-0.1, -0.05) is 13.0 Å². The van der Waals surface area contributed by atoms with Crippen molar-refractivity contribution >= 4 is 11.4 Å². The van der Waals surface area contributed by atoms with E-state index in [1.54, 1.807) is 0 Å². The lowest BCUT2D eigenvalue weighted by Gasteiger charge is -2.13. The van der Waals surface area contributed by atoms with Crippen LogP contribution in [0.5, 0.6) is 5.75 Å². The standard InChI is InChI=1S/C14H24N2O2/c1-2-11-18-13-8-6-7-12(14(13)15)16-9-4-3-5-10-17/h6-8,16-17H,2-5,9-11,15H2,1H3. The van der Waals surface area contributed by atoms with Crippen molar-refractivity contribution < 1.29 is 9.84 Å². The summed E-state index contributed by atoms with van der Waals surface area (Å²) in [6.07, 6.45) is 3.88. The van der Waals surface area contributed by atoms with Gasteiger partial charge in [0.2, 0.25) is 0 Å². The highest BCUT2D eigenvalue weighted by atomic mass is 16.5. The maximum absolute atomic E-state index is 8.69. The lowest BCUT2D eigenvalue weighted by Crippen LogP contribution is -2.06. The van der Waals surface area contributed by atoms with Gasteiger partial charge in [0.1, 0.15) is 5.75 Å². The first-order valence-corrected chi connectivity index (χ1v) is 6.65. The number of aliphatic hydroxyl groups is 1. The summed E-state index contributed by atoms with van der Waals surface area (Å²) in [7, 11) is 0. The first-order valence-electron chi connectivity index (χ1n) is 6.65. The van der Waals surface area contributed by atoms with Gasteiger partial charge >= 0.3 is 0 Å². The van der Waals surface area contributed by atoms with E-state index in [9.17, 15) is 0 Å². The summed E-state index contributed by atoms with van der Waals surface area (Å²) >= 11 is 0. The van der Waals surface area contributed by atoms with Gasteiger partial charge in [0.15, 0.2) is 0 Å². The van der Waals surface area contributed by atoms with Crippen LogP contribution in [0.15, 0.2) is 18.2 Å². The van der Waals surface area contributed by atoms with Crippen molar-refractivity contribution in [2.45, 2.75) is 32.6 Å². The molecule has 0 heterocycles. The summed E-state index contributed by atoms with van der Waals surface area (Å²) in [5.74, 6) is 0.747. The number of ether oxygens (including phenoxy) is 1. The third kappa shape index (κ3) is 4.84. The summed E-state index contributed by atoms with van der Waals surface area (Å²) in [4.78, 5) is 0. The highest BCUT2D eigenvalue weighted by Crippen LogP contribution is 2.29. The van der Waals surface area contributed by atoms with Crippen molar-refractivity contribution in [3.8, 4) is 5.75 Å². The summed E-state index contributed by atoms with van der Waals surface area (Å²) in [6, 6.07) is 5.79. The van der Waals surface area contributed by atoms with Gasteiger partial charge < -0.3 is 20.9 Å². The molecular formula is C14H24N2O2. The number of rotatable bonds is 9. The van der Waals surface area contributed by atoms with Gasteiger partial charge in [-0.3, -0.25) is 0 Å². The van der Waals surface area contributed by atoms with Gasteiger partial charge in [-0.2, -0.15) is 0 Å². The van der Waals surface area contributed by atoms with Crippen LogP contribution in [-0.4, -0.2) is 24.9 Å². The molecule has 102 valence electrons. The Labute approximate surface area is 109 Å². The first kappa shape index (κ1) is 14.6. The molecule has 4 N–H and O–H groups in total. The van der Waals surface area contributed by atoms with Crippen molar-refractivity contribution in [1.29, 1.82) is 0 Å². The van der Waals surface area contributed by atoms with Gasteiger partial charge in [0.25, 0.3) is 0 Å². The topological polar surface area (TPSA) is 67.5 Å². The molecular weight excluding hydrogens is 228 g/mol. The Balaban J connectivity index is 2.44. The van der Waals surface area contributed by atoms with Crippen LogP contribution in [0.4, 0.5) is 11.4 Å². The molecule has 0 spiro atoms. The minimum absolute atomic E-state index is 0.266. The second-order valence-electron chi connectivity index (χ2n) is 4.28. The number of aliphatic hydroxyl groups excluding tert-OH is 1. The normalized spacial score (nSPS) is 10.3. The molecule has 4 nitrogen and oxygen atoms in total. The molecule has 0 bridgehead atoms. The minimum atomic E-state index is 0.266. The molecule has 0 unspecified atom stereocenters. The number of hydrogen-bond acceptors (Lipinski definition) is 4. The van der Waals surface area contributed by atoms with E-state index in [1.807, 2.05) is 18.2 Å². The summed E-state index contributed by atoms with van der Waals surface area (Å²) < 4.78 is 5.57. The zero-order valence-electron chi connectivity index (χ0n) is 11.1. The van der Waals surface area contributed by atoms with E-state index in [0.717, 1.165) is 43.7 Å². The maximum atomic E-state index is 8.69. The predicted molar refractivity (Wildman–Crippen MR) is 76.1 cm³/mol. The number of para-hydroxylation sites is 1. The van der Waals surface area contributed by atoms with Crippen LogP contribution in [0.1, 0.15) is 32.6 Å². The quantitative estimate of drug-likeness (QED) is 0.467. The third-order valence-electron chi connectivity index (χ3n) is 2.68. The van der Waals surface area contributed by atoms with Crippen LogP contribution in [0.2, 0.25) is 0 Å². The largest absolute Gasteiger partial charge is 0.491 e. The molecule has 1 aromatic carbocycles. The fraction of sp³-hybridized carbons (Fsp3) is 0.571. The molecule has 0 amide bonds. The van der Waals surface area contributed by atoms with E-state index < -0.39 is 0 Å². The molecule has 1 rings (SSSR count). The summed E-state index contributed by atoms with van der Waals surface area (Å²) in [5.41, 5.74) is 7.64. The average Bonchev–Trinajstić information content (AvgIpc) is 2.39. The zero-order valence-corrected chi connectivity index (χ0v) is 11.1. The van der Waals surface area contributed by atoms with Crippen molar-refractivity contribution in [3.05, 3.63) is 18.2 Å². The number of nitrogen functional groups attached to an aromatic ring is 1. The van der Waals surface area contributed by atoms with Gasteiger partial charge in [0, 0.05) is 13.2 Å². The summed E-state index contributed by atoms with van der Waals surface area (Å²) in [5, 5.41) is 12.0. The van der Waals surface area contributed by atoms with E-state index in [2.05, 4.69) is 12.2 Å². The van der Waals surface area contributed by atoms with E-state index in [4.69, 9.17) is 15.6 Å². The van der Waals surface area contributed by atoms with Crippen LogP contribution < -0.4 is 15.8 Å². The molecule has 18 heavy (non-hydrogen) atoms. The number of nitrogens with two attached hydrogens (primary N) is 1. The van der Waals surface area contributed by atoms with E-state index in [-0.39, 0.29) is 6.61 Å². The molecule has 0 fully saturated rings. The highest BCUT2D eigenvalue weighted by Gasteiger charge is 2.04. The van der Waals surface area contributed by atoms with Crippen molar-refractivity contribution in [2.24, 2.45) is 0 Å². The molecule has 0 aliphatic carbocycles. The minimum Gasteiger partial charge on any atom is -0.491 e. The van der Waals surface area contributed by atoms with E-state index in [1.165, 1.54) is 0 Å². The fourth-order valence-corrected chi connectivity index (χ4v) is 1.67. The van der Waals surface area contributed by atoms with Crippen LogP contribution in [-0.2, 0) is 0 Å². The Morgan fingerprint density at radius 1 is 1.28 bits per heavy atom. The van der Waals surface area contributed by atoms with Crippen molar-refractivity contribution in [1.82, 2.24) is 0 Å². The SMILES string of the molecule is CCCOc1cccc(NCCCCCO)c1N. The lowest BCUT2D eigenvalue weighted by molar-refractivity contribution is 0.283. The molecule has 0 saturated carbocycles. The molecule has 0 atom stereocenters. The Morgan fingerprint density at radius 3 is 2.83 bits per heavy atom. The predicted octanol–water partition coefficient (Wildman–Crippen LogP) is 2.63. The Hall–Kier alpha value is -1.42. The second kappa shape index (κ2) is 8.64. The Bertz CT molecular complexity index is 343. The average molecular weight is 252 g/mol. The fourth-order valence-electron chi connectivity index (χ4n) is 1.67. The molecule has 0 radical (unpaired) electrons. The maximum Gasteiger partial charge on any atom is 0.144 e.